The normalized spacial score (nSPS) is 14.2. The van der Waals surface area contributed by atoms with E-state index in [4.69, 9.17) is 21.1 Å². The number of hydrogen-bond acceptors (Lipinski definition) is 3. The van der Waals surface area contributed by atoms with Gasteiger partial charge in [-0.15, -0.1) is 0 Å². The molecule has 1 rings (SSSR count). The van der Waals surface area contributed by atoms with Crippen LogP contribution in [0.2, 0.25) is 5.02 Å². The number of methoxy groups -OCH3 is 2. The molecular weight excluding hydrogens is 274 g/mol. The van der Waals surface area contributed by atoms with Crippen molar-refractivity contribution >= 4 is 11.6 Å². The van der Waals surface area contributed by atoms with Gasteiger partial charge in [0.1, 0.15) is 0 Å². The fraction of sp³-hybridized carbons (Fsp3) is 0.625. The minimum absolute atomic E-state index is 0.267. The molecule has 1 aromatic carbocycles. The Hall–Kier alpha value is -0.610. The standard InChI is InChI=1S/C16H26ClNO2/c1-13(20-3)9-15(12-18-7-8-19-2)10-14-5-4-6-16(17)11-14/h4-6,11,13,15,18H,7-10,12H2,1-3H3. The molecule has 4 heteroatoms. The summed E-state index contributed by atoms with van der Waals surface area (Å²) in [5, 5.41) is 4.24. The van der Waals surface area contributed by atoms with Gasteiger partial charge in [0.05, 0.1) is 12.7 Å². The van der Waals surface area contributed by atoms with Crippen LogP contribution in [0, 0.1) is 5.92 Å². The predicted octanol–water partition coefficient (Wildman–Crippen LogP) is 3.16. The van der Waals surface area contributed by atoms with E-state index in [0.717, 1.165) is 37.6 Å². The Morgan fingerprint density at radius 1 is 1.30 bits per heavy atom. The van der Waals surface area contributed by atoms with E-state index in [0.29, 0.717) is 5.92 Å². The van der Waals surface area contributed by atoms with Crippen LogP contribution >= 0.6 is 11.6 Å². The van der Waals surface area contributed by atoms with Gasteiger partial charge in [0.15, 0.2) is 0 Å². The van der Waals surface area contributed by atoms with Gasteiger partial charge in [0, 0.05) is 25.8 Å². The molecule has 114 valence electrons. The van der Waals surface area contributed by atoms with E-state index >= 15 is 0 Å². The third-order valence-electron chi connectivity index (χ3n) is 3.40. The van der Waals surface area contributed by atoms with Crippen LogP contribution in [0.4, 0.5) is 0 Å². The van der Waals surface area contributed by atoms with Gasteiger partial charge < -0.3 is 14.8 Å². The molecule has 20 heavy (non-hydrogen) atoms. The van der Waals surface area contributed by atoms with Gasteiger partial charge >= 0.3 is 0 Å². The number of rotatable bonds is 10. The Labute approximate surface area is 127 Å². The van der Waals surface area contributed by atoms with Crippen molar-refractivity contribution in [3.05, 3.63) is 34.9 Å². The molecule has 0 bridgehead atoms. The van der Waals surface area contributed by atoms with E-state index in [1.165, 1.54) is 5.56 Å². The second-order valence-electron chi connectivity index (χ2n) is 5.18. The molecule has 0 amide bonds. The first-order valence-corrected chi connectivity index (χ1v) is 7.50. The Morgan fingerprint density at radius 3 is 2.75 bits per heavy atom. The molecule has 0 aliphatic carbocycles. The molecule has 1 N–H and O–H groups in total. The van der Waals surface area contributed by atoms with E-state index in [9.17, 15) is 0 Å². The average Bonchev–Trinajstić information content (AvgIpc) is 2.43. The van der Waals surface area contributed by atoms with E-state index in [-0.39, 0.29) is 6.10 Å². The van der Waals surface area contributed by atoms with Crippen molar-refractivity contribution < 1.29 is 9.47 Å². The lowest BCUT2D eigenvalue weighted by Gasteiger charge is -2.21. The quantitative estimate of drug-likeness (QED) is 0.673. The van der Waals surface area contributed by atoms with Crippen LogP contribution < -0.4 is 5.32 Å². The Morgan fingerprint density at radius 2 is 2.10 bits per heavy atom. The van der Waals surface area contributed by atoms with Crippen LogP contribution in [0.1, 0.15) is 18.9 Å². The van der Waals surface area contributed by atoms with Crippen molar-refractivity contribution in [2.45, 2.75) is 25.9 Å². The molecule has 0 radical (unpaired) electrons. The highest BCUT2D eigenvalue weighted by molar-refractivity contribution is 6.30. The average molecular weight is 300 g/mol. The van der Waals surface area contributed by atoms with Gasteiger partial charge in [0.2, 0.25) is 0 Å². The fourth-order valence-electron chi connectivity index (χ4n) is 2.28. The summed E-state index contributed by atoms with van der Waals surface area (Å²) >= 11 is 6.05. The highest BCUT2D eigenvalue weighted by Crippen LogP contribution is 2.18. The first-order valence-electron chi connectivity index (χ1n) is 7.12. The summed E-state index contributed by atoms with van der Waals surface area (Å²) in [5.74, 6) is 0.528. The third-order valence-corrected chi connectivity index (χ3v) is 3.63. The zero-order valence-corrected chi connectivity index (χ0v) is 13.5. The molecule has 1 aromatic rings. The Kier molecular flexibility index (Phi) is 8.86. The predicted molar refractivity (Wildman–Crippen MR) is 84.5 cm³/mol. The molecule has 2 unspecified atom stereocenters. The molecule has 3 nitrogen and oxygen atoms in total. The molecule has 0 aromatic heterocycles. The lowest BCUT2D eigenvalue weighted by Crippen LogP contribution is -2.29. The topological polar surface area (TPSA) is 30.5 Å². The summed E-state index contributed by atoms with van der Waals surface area (Å²) < 4.78 is 10.4. The van der Waals surface area contributed by atoms with Crippen molar-refractivity contribution in [2.24, 2.45) is 5.92 Å². The molecule has 0 heterocycles. The fourth-order valence-corrected chi connectivity index (χ4v) is 2.50. The maximum absolute atomic E-state index is 6.05. The highest BCUT2D eigenvalue weighted by Gasteiger charge is 2.14. The van der Waals surface area contributed by atoms with Gasteiger partial charge in [-0.1, -0.05) is 23.7 Å². The van der Waals surface area contributed by atoms with Crippen LogP contribution in [0.3, 0.4) is 0 Å². The van der Waals surface area contributed by atoms with Crippen LogP contribution in [0.25, 0.3) is 0 Å². The van der Waals surface area contributed by atoms with E-state index in [1.54, 1.807) is 14.2 Å². The van der Waals surface area contributed by atoms with Crippen LogP contribution in [0.5, 0.6) is 0 Å². The highest BCUT2D eigenvalue weighted by atomic mass is 35.5. The van der Waals surface area contributed by atoms with Crippen LogP contribution in [-0.4, -0.2) is 40.0 Å². The van der Waals surface area contributed by atoms with Crippen molar-refractivity contribution in [3.63, 3.8) is 0 Å². The SMILES string of the molecule is COCCNCC(Cc1cccc(Cl)c1)CC(C)OC. The lowest BCUT2D eigenvalue weighted by atomic mass is 9.94. The van der Waals surface area contributed by atoms with Gasteiger partial charge in [-0.3, -0.25) is 0 Å². The van der Waals surface area contributed by atoms with E-state index < -0.39 is 0 Å². The van der Waals surface area contributed by atoms with Gasteiger partial charge in [0.25, 0.3) is 0 Å². The van der Waals surface area contributed by atoms with Crippen molar-refractivity contribution in [1.82, 2.24) is 5.32 Å². The second kappa shape index (κ2) is 10.2. The molecule has 0 aliphatic rings. The largest absolute Gasteiger partial charge is 0.383 e. The zero-order chi connectivity index (χ0) is 14.8. The Balaban J connectivity index is 2.52. The third kappa shape index (κ3) is 7.25. The van der Waals surface area contributed by atoms with Crippen molar-refractivity contribution in [3.8, 4) is 0 Å². The smallest absolute Gasteiger partial charge is 0.0587 e. The summed E-state index contributed by atoms with van der Waals surface area (Å²) in [7, 11) is 3.48. The number of halogens is 1. The molecule has 0 spiro atoms. The maximum Gasteiger partial charge on any atom is 0.0587 e. The number of benzene rings is 1. The van der Waals surface area contributed by atoms with Gasteiger partial charge in [-0.2, -0.15) is 0 Å². The first-order chi connectivity index (χ1) is 9.65. The molecular formula is C16H26ClNO2. The van der Waals surface area contributed by atoms with Crippen LogP contribution in [-0.2, 0) is 15.9 Å². The molecule has 2 atom stereocenters. The summed E-state index contributed by atoms with van der Waals surface area (Å²) in [6.45, 7) is 4.69. The van der Waals surface area contributed by atoms with Gasteiger partial charge in [-0.25, -0.2) is 0 Å². The molecule has 0 fully saturated rings. The van der Waals surface area contributed by atoms with Gasteiger partial charge in [-0.05, 0) is 49.9 Å². The number of nitrogens with one attached hydrogen (secondary N) is 1. The number of ether oxygens (including phenoxy) is 2. The lowest BCUT2D eigenvalue weighted by molar-refractivity contribution is 0.0941. The zero-order valence-electron chi connectivity index (χ0n) is 12.7. The number of hydrogen-bond donors (Lipinski definition) is 1. The second-order valence-corrected chi connectivity index (χ2v) is 5.62. The molecule has 0 saturated carbocycles. The minimum atomic E-state index is 0.267. The van der Waals surface area contributed by atoms with E-state index in [1.807, 2.05) is 18.2 Å². The molecule has 0 saturated heterocycles. The van der Waals surface area contributed by atoms with Crippen molar-refractivity contribution in [2.75, 3.05) is 33.9 Å². The minimum Gasteiger partial charge on any atom is -0.383 e. The summed E-state index contributed by atoms with van der Waals surface area (Å²) in [4.78, 5) is 0. The summed E-state index contributed by atoms with van der Waals surface area (Å²) in [6.07, 6.45) is 2.31. The maximum atomic E-state index is 6.05. The first kappa shape index (κ1) is 17.4. The monoisotopic (exact) mass is 299 g/mol. The van der Waals surface area contributed by atoms with Crippen LogP contribution in [0.15, 0.2) is 24.3 Å². The van der Waals surface area contributed by atoms with Crippen molar-refractivity contribution in [1.29, 1.82) is 0 Å². The summed E-state index contributed by atoms with van der Waals surface area (Å²) in [5.41, 5.74) is 1.28. The summed E-state index contributed by atoms with van der Waals surface area (Å²) in [6, 6.07) is 8.09. The Bertz CT molecular complexity index is 373. The van der Waals surface area contributed by atoms with E-state index in [2.05, 4.69) is 18.3 Å². The molecule has 0 aliphatic heterocycles.